The summed E-state index contributed by atoms with van der Waals surface area (Å²) in [5, 5.41) is 0.855. The molecule has 28 heavy (non-hydrogen) atoms. The van der Waals surface area contributed by atoms with E-state index in [1.165, 1.54) is 23.9 Å². The number of nitrogens with one attached hydrogen (secondary N) is 1. The molecule has 0 saturated heterocycles. The zero-order valence-electron chi connectivity index (χ0n) is 15.1. The van der Waals surface area contributed by atoms with Crippen molar-refractivity contribution < 1.29 is 8.78 Å². The van der Waals surface area contributed by atoms with Crippen LogP contribution in [-0.4, -0.2) is 15.0 Å². The van der Waals surface area contributed by atoms with Crippen molar-refractivity contribution in [2.45, 2.75) is 28.5 Å². The first-order chi connectivity index (χ1) is 13.6. The van der Waals surface area contributed by atoms with Crippen molar-refractivity contribution in [3.63, 3.8) is 0 Å². The molecule has 3 nitrogen and oxygen atoms in total. The Bertz CT molecular complexity index is 1090. The molecule has 142 valence electrons. The minimum Gasteiger partial charge on any atom is -0.333 e. The Morgan fingerprint density at radius 1 is 1.00 bits per heavy atom. The molecule has 0 amide bonds. The molecule has 0 unspecified atom stereocenters. The highest BCUT2D eigenvalue weighted by atomic mass is 32.2. The Morgan fingerprint density at radius 2 is 1.86 bits per heavy atom. The van der Waals surface area contributed by atoms with Crippen LogP contribution < -0.4 is 0 Å². The molecule has 0 aliphatic rings. The number of fused-ring (bicyclic) bond motifs is 1. The van der Waals surface area contributed by atoms with Crippen LogP contribution in [0.25, 0.3) is 11.0 Å². The van der Waals surface area contributed by atoms with E-state index in [1.807, 2.05) is 37.3 Å². The Morgan fingerprint density at radius 3 is 2.68 bits per heavy atom. The second kappa shape index (κ2) is 8.32. The maximum Gasteiger partial charge on any atom is 0.166 e. The number of hydrogen-bond donors (Lipinski definition) is 1. The summed E-state index contributed by atoms with van der Waals surface area (Å²) in [5.41, 5.74) is 4.48. The van der Waals surface area contributed by atoms with E-state index in [0.717, 1.165) is 38.4 Å². The van der Waals surface area contributed by atoms with Gasteiger partial charge in [-0.1, -0.05) is 30.0 Å². The molecular weight excluding hydrogens is 396 g/mol. The second-order valence-electron chi connectivity index (χ2n) is 6.25. The molecule has 2 heterocycles. The summed E-state index contributed by atoms with van der Waals surface area (Å²) in [6.07, 6.45) is 1.77. The van der Waals surface area contributed by atoms with Gasteiger partial charge in [0, 0.05) is 28.7 Å². The maximum absolute atomic E-state index is 13.8. The number of thioether (sulfide) groups is 2. The molecule has 0 aliphatic carbocycles. The number of imidazole rings is 1. The molecule has 0 bridgehead atoms. The predicted octanol–water partition coefficient (Wildman–Crippen LogP) is 6.13. The average molecular weight is 414 g/mol. The molecule has 2 aromatic carbocycles. The van der Waals surface area contributed by atoms with Gasteiger partial charge in [-0.3, -0.25) is 4.98 Å². The zero-order valence-corrected chi connectivity index (χ0v) is 16.7. The Kier molecular flexibility index (Phi) is 5.64. The lowest BCUT2D eigenvalue weighted by Crippen LogP contribution is -1.95. The number of aromatic amines is 1. The van der Waals surface area contributed by atoms with Gasteiger partial charge < -0.3 is 4.98 Å². The smallest absolute Gasteiger partial charge is 0.166 e. The lowest BCUT2D eigenvalue weighted by Gasteiger charge is -2.10. The highest BCUT2D eigenvalue weighted by Crippen LogP contribution is 2.30. The summed E-state index contributed by atoms with van der Waals surface area (Å²) < 4.78 is 26.9. The van der Waals surface area contributed by atoms with Crippen LogP contribution in [0.3, 0.4) is 0 Å². The number of rotatable bonds is 6. The van der Waals surface area contributed by atoms with Crippen molar-refractivity contribution in [1.82, 2.24) is 15.0 Å². The van der Waals surface area contributed by atoms with E-state index >= 15 is 0 Å². The highest BCUT2D eigenvalue weighted by Gasteiger charge is 2.10. The van der Waals surface area contributed by atoms with Crippen molar-refractivity contribution in [2.24, 2.45) is 0 Å². The van der Waals surface area contributed by atoms with Gasteiger partial charge in [-0.25, -0.2) is 13.8 Å². The van der Waals surface area contributed by atoms with Crippen LogP contribution in [0.2, 0.25) is 0 Å². The van der Waals surface area contributed by atoms with Gasteiger partial charge in [0.15, 0.2) is 5.16 Å². The van der Waals surface area contributed by atoms with Gasteiger partial charge in [0.05, 0.1) is 16.7 Å². The van der Waals surface area contributed by atoms with Crippen LogP contribution >= 0.6 is 23.5 Å². The first-order valence-corrected chi connectivity index (χ1v) is 10.7. The molecule has 0 atom stereocenters. The number of aromatic nitrogens is 3. The molecule has 4 aromatic rings. The summed E-state index contributed by atoms with van der Waals surface area (Å²) in [4.78, 5) is 13.4. The van der Waals surface area contributed by atoms with Gasteiger partial charge in [-0.05, 0) is 42.3 Å². The van der Waals surface area contributed by atoms with E-state index in [4.69, 9.17) is 0 Å². The topological polar surface area (TPSA) is 41.6 Å². The van der Waals surface area contributed by atoms with Crippen LogP contribution in [0.5, 0.6) is 0 Å². The average Bonchev–Trinajstić information content (AvgIpc) is 3.10. The number of H-pyrrole nitrogens is 1. The van der Waals surface area contributed by atoms with Crippen molar-refractivity contribution in [1.29, 1.82) is 0 Å². The SMILES string of the molecule is Cc1c(SCc2ccc(F)cc2F)ccnc1CSc1nc2ccccc2[nH]1. The monoisotopic (exact) mass is 413 g/mol. The molecule has 4 rings (SSSR count). The number of nitrogens with zero attached hydrogens (tertiary/aromatic N) is 2. The van der Waals surface area contributed by atoms with E-state index in [1.54, 1.807) is 18.0 Å². The first kappa shape index (κ1) is 19.0. The van der Waals surface area contributed by atoms with E-state index < -0.39 is 11.6 Å². The quantitative estimate of drug-likeness (QED) is 0.386. The number of halogens is 2. The largest absolute Gasteiger partial charge is 0.333 e. The predicted molar refractivity (Wildman–Crippen MR) is 111 cm³/mol. The molecule has 0 radical (unpaired) electrons. The minimum absolute atomic E-state index is 0.438. The van der Waals surface area contributed by atoms with Gasteiger partial charge in [0.25, 0.3) is 0 Å². The fourth-order valence-electron chi connectivity index (χ4n) is 2.79. The van der Waals surface area contributed by atoms with E-state index in [2.05, 4.69) is 15.0 Å². The van der Waals surface area contributed by atoms with Gasteiger partial charge in [-0.15, -0.1) is 11.8 Å². The fraction of sp³-hybridized carbons (Fsp3) is 0.143. The second-order valence-corrected chi connectivity index (χ2v) is 8.23. The zero-order chi connectivity index (χ0) is 19.5. The van der Waals surface area contributed by atoms with Crippen LogP contribution in [0.1, 0.15) is 16.8 Å². The third-order valence-corrected chi connectivity index (χ3v) is 6.46. The van der Waals surface area contributed by atoms with Gasteiger partial charge >= 0.3 is 0 Å². The Labute approximate surface area is 170 Å². The van der Waals surface area contributed by atoms with Crippen molar-refractivity contribution in [2.75, 3.05) is 0 Å². The van der Waals surface area contributed by atoms with Gasteiger partial charge in [-0.2, -0.15) is 0 Å². The van der Waals surface area contributed by atoms with E-state index in [9.17, 15) is 8.78 Å². The summed E-state index contributed by atoms with van der Waals surface area (Å²) in [6.45, 7) is 2.02. The van der Waals surface area contributed by atoms with Crippen LogP contribution in [-0.2, 0) is 11.5 Å². The summed E-state index contributed by atoms with van der Waals surface area (Å²) in [5.74, 6) is 0.0501. The van der Waals surface area contributed by atoms with Crippen LogP contribution in [0.4, 0.5) is 8.78 Å². The normalized spacial score (nSPS) is 11.2. The van der Waals surface area contributed by atoms with E-state index in [0.29, 0.717) is 17.1 Å². The molecular formula is C21H17F2N3S2. The summed E-state index contributed by atoms with van der Waals surface area (Å²) >= 11 is 3.13. The summed E-state index contributed by atoms with van der Waals surface area (Å²) in [6, 6.07) is 13.5. The maximum atomic E-state index is 13.8. The number of pyridine rings is 1. The Balaban J connectivity index is 1.45. The van der Waals surface area contributed by atoms with Crippen molar-refractivity contribution >= 4 is 34.6 Å². The molecule has 1 N–H and O–H groups in total. The molecule has 0 aliphatic heterocycles. The number of hydrogen-bond acceptors (Lipinski definition) is 4. The lowest BCUT2D eigenvalue weighted by atomic mass is 10.2. The van der Waals surface area contributed by atoms with Crippen LogP contribution in [0.15, 0.2) is 64.8 Å². The number of benzene rings is 2. The Hall–Kier alpha value is -2.38. The van der Waals surface area contributed by atoms with Crippen LogP contribution in [0, 0.1) is 18.6 Å². The van der Waals surface area contributed by atoms with E-state index in [-0.39, 0.29) is 0 Å². The molecule has 0 fully saturated rings. The lowest BCUT2D eigenvalue weighted by molar-refractivity contribution is 0.576. The fourth-order valence-corrected chi connectivity index (χ4v) is 4.74. The van der Waals surface area contributed by atoms with Crippen molar-refractivity contribution in [3.05, 3.63) is 83.2 Å². The molecule has 2 aromatic heterocycles. The minimum atomic E-state index is -0.559. The van der Waals surface area contributed by atoms with Crippen molar-refractivity contribution in [3.8, 4) is 0 Å². The highest BCUT2D eigenvalue weighted by molar-refractivity contribution is 7.98. The van der Waals surface area contributed by atoms with Gasteiger partial charge in [0.1, 0.15) is 11.6 Å². The molecule has 0 saturated carbocycles. The molecule has 7 heteroatoms. The van der Waals surface area contributed by atoms with Gasteiger partial charge in [0.2, 0.25) is 0 Å². The third-order valence-electron chi connectivity index (χ3n) is 4.37. The summed E-state index contributed by atoms with van der Waals surface area (Å²) in [7, 11) is 0. The standard InChI is InChI=1S/C21H17F2N3S2/c1-13-19(12-28-21-25-17-4-2-3-5-18(17)26-21)24-9-8-20(13)27-11-14-6-7-15(22)10-16(14)23/h2-10H,11-12H2,1H3,(H,25,26). The third kappa shape index (κ3) is 4.20. The number of para-hydroxylation sites is 2. The first-order valence-electron chi connectivity index (χ1n) is 8.69. The molecule has 0 spiro atoms.